The molecule has 104 valence electrons. The molecular formula is C14H18FNO3. The fourth-order valence-corrected chi connectivity index (χ4v) is 1.87. The lowest BCUT2D eigenvalue weighted by molar-refractivity contribution is -0.152. The first-order valence-electron chi connectivity index (χ1n) is 6.05. The van der Waals surface area contributed by atoms with Gasteiger partial charge in [-0.25, -0.2) is 4.39 Å². The number of hydrogen-bond donors (Lipinski definition) is 1. The lowest BCUT2D eigenvalue weighted by atomic mass is 9.94. The molecule has 0 saturated heterocycles. The number of amides is 1. The van der Waals surface area contributed by atoms with E-state index in [9.17, 15) is 14.0 Å². The standard InChI is InChI=1S/C14H18FNO3/c1-9(2)12(14(18)19)13(17)16(3)8-10-6-4-5-7-11(10)15/h4-7,9,12H,8H2,1-3H3,(H,18,19). The number of carbonyl (C=O) groups is 2. The first-order chi connectivity index (χ1) is 8.84. The van der Waals surface area contributed by atoms with Crippen molar-refractivity contribution in [3.8, 4) is 0 Å². The van der Waals surface area contributed by atoms with Crippen LogP contribution in [-0.2, 0) is 16.1 Å². The first kappa shape index (κ1) is 15.1. The third-order valence-electron chi connectivity index (χ3n) is 2.94. The van der Waals surface area contributed by atoms with Gasteiger partial charge in [-0.15, -0.1) is 0 Å². The van der Waals surface area contributed by atoms with Gasteiger partial charge in [0.25, 0.3) is 0 Å². The van der Waals surface area contributed by atoms with Crippen molar-refractivity contribution in [2.75, 3.05) is 7.05 Å². The Morgan fingerprint density at radius 3 is 2.37 bits per heavy atom. The monoisotopic (exact) mass is 267 g/mol. The molecule has 19 heavy (non-hydrogen) atoms. The zero-order valence-corrected chi connectivity index (χ0v) is 11.3. The quantitative estimate of drug-likeness (QED) is 0.831. The highest BCUT2D eigenvalue weighted by Gasteiger charge is 2.32. The van der Waals surface area contributed by atoms with Crippen molar-refractivity contribution in [3.63, 3.8) is 0 Å². The van der Waals surface area contributed by atoms with Crippen molar-refractivity contribution in [2.24, 2.45) is 11.8 Å². The summed E-state index contributed by atoms with van der Waals surface area (Å²) in [5.41, 5.74) is 0.367. The summed E-state index contributed by atoms with van der Waals surface area (Å²) in [6, 6.07) is 6.12. The highest BCUT2D eigenvalue weighted by atomic mass is 19.1. The summed E-state index contributed by atoms with van der Waals surface area (Å²) < 4.78 is 13.5. The van der Waals surface area contributed by atoms with Crippen LogP contribution in [0.2, 0.25) is 0 Å². The topological polar surface area (TPSA) is 57.6 Å². The second-order valence-electron chi connectivity index (χ2n) is 4.85. The van der Waals surface area contributed by atoms with Gasteiger partial charge in [0.05, 0.1) is 0 Å². The number of hydrogen-bond acceptors (Lipinski definition) is 2. The molecule has 1 amide bonds. The molecular weight excluding hydrogens is 249 g/mol. The van der Waals surface area contributed by atoms with Gasteiger partial charge in [0, 0.05) is 19.2 Å². The van der Waals surface area contributed by atoms with Crippen molar-refractivity contribution in [3.05, 3.63) is 35.6 Å². The number of halogens is 1. The molecule has 1 rings (SSSR count). The maximum absolute atomic E-state index is 13.5. The lowest BCUT2D eigenvalue weighted by Crippen LogP contribution is -2.39. The van der Waals surface area contributed by atoms with Crippen LogP contribution in [-0.4, -0.2) is 28.9 Å². The Morgan fingerprint density at radius 2 is 1.89 bits per heavy atom. The van der Waals surface area contributed by atoms with Gasteiger partial charge in [-0.05, 0) is 12.0 Å². The summed E-state index contributed by atoms with van der Waals surface area (Å²) >= 11 is 0. The van der Waals surface area contributed by atoms with Gasteiger partial charge in [-0.2, -0.15) is 0 Å². The van der Waals surface area contributed by atoms with Gasteiger partial charge in [-0.3, -0.25) is 9.59 Å². The van der Waals surface area contributed by atoms with Crippen LogP contribution in [0.3, 0.4) is 0 Å². The highest BCUT2D eigenvalue weighted by molar-refractivity contribution is 5.97. The molecule has 5 heteroatoms. The number of nitrogens with zero attached hydrogens (tertiary/aromatic N) is 1. The molecule has 0 aromatic heterocycles. The summed E-state index contributed by atoms with van der Waals surface area (Å²) in [7, 11) is 1.48. The summed E-state index contributed by atoms with van der Waals surface area (Å²) in [5, 5.41) is 9.06. The van der Waals surface area contributed by atoms with Crippen LogP contribution in [0.1, 0.15) is 19.4 Å². The van der Waals surface area contributed by atoms with Crippen molar-refractivity contribution >= 4 is 11.9 Å². The van der Waals surface area contributed by atoms with E-state index in [2.05, 4.69) is 0 Å². The smallest absolute Gasteiger partial charge is 0.316 e. The third-order valence-corrected chi connectivity index (χ3v) is 2.94. The Morgan fingerprint density at radius 1 is 1.32 bits per heavy atom. The van der Waals surface area contributed by atoms with Gasteiger partial charge in [0.1, 0.15) is 11.7 Å². The molecule has 0 radical (unpaired) electrons. The summed E-state index contributed by atoms with van der Waals surface area (Å²) in [6.07, 6.45) is 0. The molecule has 0 aliphatic rings. The van der Waals surface area contributed by atoms with Crippen molar-refractivity contribution in [2.45, 2.75) is 20.4 Å². The maximum Gasteiger partial charge on any atom is 0.316 e. The Bertz CT molecular complexity index is 474. The molecule has 0 aliphatic heterocycles. The maximum atomic E-state index is 13.5. The average molecular weight is 267 g/mol. The zero-order chi connectivity index (χ0) is 14.6. The fraction of sp³-hybridized carbons (Fsp3) is 0.429. The van der Waals surface area contributed by atoms with Crippen molar-refractivity contribution in [1.82, 2.24) is 4.90 Å². The molecule has 0 saturated carbocycles. The van der Waals surface area contributed by atoms with Gasteiger partial charge in [0.2, 0.25) is 5.91 Å². The average Bonchev–Trinajstić information content (AvgIpc) is 2.31. The van der Waals surface area contributed by atoms with Crippen LogP contribution < -0.4 is 0 Å². The zero-order valence-electron chi connectivity index (χ0n) is 11.3. The molecule has 0 fully saturated rings. The van der Waals surface area contributed by atoms with Crippen LogP contribution in [0, 0.1) is 17.7 Å². The Labute approximate surface area is 111 Å². The molecule has 0 heterocycles. The number of carboxylic acids is 1. The molecule has 1 aromatic rings. The molecule has 0 aliphatic carbocycles. The van der Waals surface area contributed by atoms with Crippen molar-refractivity contribution < 1.29 is 19.1 Å². The van der Waals surface area contributed by atoms with E-state index in [1.54, 1.807) is 32.0 Å². The van der Waals surface area contributed by atoms with E-state index >= 15 is 0 Å². The minimum Gasteiger partial charge on any atom is -0.481 e. The van der Waals surface area contributed by atoms with Gasteiger partial charge < -0.3 is 10.0 Å². The molecule has 1 aromatic carbocycles. The molecule has 0 bridgehead atoms. The summed E-state index contributed by atoms with van der Waals surface area (Å²) in [4.78, 5) is 24.4. The van der Waals surface area contributed by atoms with E-state index in [1.807, 2.05) is 0 Å². The minimum absolute atomic E-state index is 0.0575. The number of aliphatic carboxylic acids is 1. The highest BCUT2D eigenvalue weighted by Crippen LogP contribution is 2.16. The Kier molecular flexibility index (Phi) is 5.03. The fourth-order valence-electron chi connectivity index (χ4n) is 1.87. The van der Waals surface area contributed by atoms with Gasteiger partial charge in [-0.1, -0.05) is 32.0 Å². The SMILES string of the molecule is CC(C)C(C(=O)O)C(=O)N(C)Cc1ccccc1F. The van der Waals surface area contributed by atoms with E-state index in [0.717, 1.165) is 0 Å². The largest absolute Gasteiger partial charge is 0.481 e. The van der Waals surface area contributed by atoms with Crippen LogP contribution in [0.25, 0.3) is 0 Å². The Balaban J connectivity index is 2.83. The summed E-state index contributed by atoms with van der Waals surface area (Å²) in [5.74, 6) is -3.48. The molecule has 1 unspecified atom stereocenters. The third kappa shape index (κ3) is 3.77. The normalized spacial score (nSPS) is 12.3. The number of benzene rings is 1. The Hall–Kier alpha value is -1.91. The van der Waals surface area contributed by atoms with Crippen LogP contribution >= 0.6 is 0 Å². The molecule has 0 spiro atoms. The van der Waals surface area contributed by atoms with Crippen LogP contribution in [0.5, 0.6) is 0 Å². The van der Waals surface area contributed by atoms with Crippen LogP contribution in [0.15, 0.2) is 24.3 Å². The minimum atomic E-state index is -1.15. The van der Waals surface area contributed by atoms with E-state index in [4.69, 9.17) is 5.11 Å². The lowest BCUT2D eigenvalue weighted by Gasteiger charge is -2.23. The second-order valence-corrected chi connectivity index (χ2v) is 4.85. The van der Waals surface area contributed by atoms with E-state index in [1.165, 1.54) is 18.0 Å². The molecule has 1 atom stereocenters. The number of carbonyl (C=O) groups excluding carboxylic acids is 1. The first-order valence-corrected chi connectivity index (χ1v) is 6.05. The predicted octanol–water partition coefficient (Wildman–Crippen LogP) is 2.14. The molecule has 4 nitrogen and oxygen atoms in total. The second kappa shape index (κ2) is 6.31. The van der Waals surface area contributed by atoms with Gasteiger partial charge in [0.15, 0.2) is 0 Å². The number of rotatable bonds is 5. The van der Waals surface area contributed by atoms with Gasteiger partial charge >= 0.3 is 5.97 Å². The van der Waals surface area contributed by atoms with Crippen molar-refractivity contribution in [1.29, 1.82) is 0 Å². The summed E-state index contributed by atoms with van der Waals surface area (Å²) in [6.45, 7) is 3.41. The van der Waals surface area contributed by atoms with E-state index in [0.29, 0.717) is 5.56 Å². The predicted molar refractivity (Wildman–Crippen MR) is 68.8 cm³/mol. The molecule has 1 N–H and O–H groups in total. The van der Waals surface area contributed by atoms with E-state index in [-0.39, 0.29) is 12.5 Å². The van der Waals surface area contributed by atoms with Crippen LogP contribution in [0.4, 0.5) is 4.39 Å². The number of carboxylic acid groups (broad SMARTS) is 1. The van der Waals surface area contributed by atoms with E-state index < -0.39 is 23.6 Å².